The Labute approximate surface area is 119 Å². The molecule has 0 saturated heterocycles. The fourth-order valence-electron chi connectivity index (χ4n) is 2.75. The molecule has 0 bridgehead atoms. The lowest BCUT2D eigenvalue weighted by Crippen LogP contribution is -2.33. The highest BCUT2D eigenvalue weighted by Gasteiger charge is 2.18. The van der Waals surface area contributed by atoms with Gasteiger partial charge in [0, 0.05) is 12.5 Å². The number of carbonyl (C=O) groups is 1. The van der Waals surface area contributed by atoms with E-state index in [9.17, 15) is 9.90 Å². The van der Waals surface area contributed by atoms with Gasteiger partial charge < -0.3 is 15.5 Å². The van der Waals surface area contributed by atoms with E-state index in [1.54, 1.807) is 0 Å². The summed E-state index contributed by atoms with van der Waals surface area (Å²) in [4.78, 5) is 10.4. The van der Waals surface area contributed by atoms with Crippen LogP contribution in [0.4, 0.5) is 0 Å². The van der Waals surface area contributed by atoms with E-state index in [-0.39, 0.29) is 12.5 Å². The van der Waals surface area contributed by atoms with Crippen LogP contribution in [0.3, 0.4) is 0 Å². The van der Waals surface area contributed by atoms with Crippen LogP contribution in [-0.4, -0.2) is 28.8 Å². The lowest BCUT2D eigenvalue weighted by molar-refractivity contribution is -0.137. The van der Waals surface area contributed by atoms with Crippen LogP contribution in [0.2, 0.25) is 0 Å². The average molecular weight is 277 g/mol. The highest BCUT2D eigenvalue weighted by molar-refractivity contribution is 5.66. The largest absolute Gasteiger partial charge is 0.481 e. The lowest BCUT2D eigenvalue weighted by Gasteiger charge is -2.21. The minimum Gasteiger partial charge on any atom is -0.481 e. The third-order valence-corrected chi connectivity index (χ3v) is 3.97. The lowest BCUT2D eigenvalue weighted by atomic mass is 9.99. The molecule has 0 fully saturated rings. The maximum absolute atomic E-state index is 10.4. The summed E-state index contributed by atoms with van der Waals surface area (Å²) in [6, 6.07) is 6.16. The van der Waals surface area contributed by atoms with E-state index >= 15 is 0 Å². The zero-order valence-corrected chi connectivity index (χ0v) is 11.9. The molecule has 0 aliphatic heterocycles. The van der Waals surface area contributed by atoms with Crippen LogP contribution in [0.1, 0.15) is 49.0 Å². The molecule has 3 N–H and O–H groups in total. The van der Waals surface area contributed by atoms with Crippen molar-refractivity contribution in [1.29, 1.82) is 0 Å². The van der Waals surface area contributed by atoms with Crippen LogP contribution >= 0.6 is 0 Å². The summed E-state index contributed by atoms with van der Waals surface area (Å²) in [6.07, 6.45) is 3.65. The summed E-state index contributed by atoms with van der Waals surface area (Å²) in [6.45, 7) is 2.54. The van der Waals surface area contributed by atoms with Crippen LogP contribution in [0.25, 0.3) is 0 Å². The molecular weight excluding hydrogens is 254 g/mol. The number of benzene rings is 1. The third kappa shape index (κ3) is 3.81. The van der Waals surface area contributed by atoms with Gasteiger partial charge in [-0.3, -0.25) is 4.79 Å². The van der Waals surface area contributed by atoms with Gasteiger partial charge in [0.15, 0.2) is 0 Å². The second-order valence-corrected chi connectivity index (χ2v) is 5.57. The SMILES string of the molecule is CC(NCCCC(=O)O)C(O)c1ccc2c(c1)CCC2. The fourth-order valence-corrected chi connectivity index (χ4v) is 2.75. The van der Waals surface area contributed by atoms with Crippen molar-refractivity contribution in [2.24, 2.45) is 0 Å². The van der Waals surface area contributed by atoms with E-state index in [2.05, 4.69) is 17.4 Å². The Kier molecular flexibility index (Phi) is 5.15. The van der Waals surface area contributed by atoms with Crippen LogP contribution in [0.5, 0.6) is 0 Å². The topological polar surface area (TPSA) is 69.6 Å². The van der Waals surface area contributed by atoms with Gasteiger partial charge in [0.25, 0.3) is 0 Å². The molecule has 0 radical (unpaired) electrons. The van der Waals surface area contributed by atoms with Gasteiger partial charge in [-0.1, -0.05) is 18.2 Å². The summed E-state index contributed by atoms with van der Waals surface area (Å²) in [7, 11) is 0. The molecule has 20 heavy (non-hydrogen) atoms. The number of hydrogen-bond donors (Lipinski definition) is 3. The molecule has 2 unspecified atom stereocenters. The van der Waals surface area contributed by atoms with Crippen LogP contribution in [-0.2, 0) is 17.6 Å². The number of aryl methyl sites for hydroxylation is 2. The Morgan fingerprint density at radius 1 is 1.35 bits per heavy atom. The van der Waals surface area contributed by atoms with Gasteiger partial charge in [-0.2, -0.15) is 0 Å². The number of nitrogens with one attached hydrogen (secondary N) is 1. The van der Waals surface area contributed by atoms with Crippen LogP contribution < -0.4 is 5.32 Å². The predicted molar refractivity (Wildman–Crippen MR) is 77.8 cm³/mol. The second kappa shape index (κ2) is 6.86. The van der Waals surface area contributed by atoms with Crippen molar-refractivity contribution in [3.05, 3.63) is 34.9 Å². The standard InChI is InChI=1S/C16H23NO3/c1-11(17-9-3-6-15(18)19)16(20)14-8-7-12-4-2-5-13(12)10-14/h7-8,10-11,16-17,20H,2-6,9H2,1H3,(H,18,19). The molecule has 2 rings (SSSR count). The van der Waals surface area contributed by atoms with E-state index in [1.807, 2.05) is 13.0 Å². The first-order valence-corrected chi connectivity index (χ1v) is 7.33. The highest BCUT2D eigenvalue weighted by atomic mass is 16.4. The number of rotatable bonds is 7. The van der Waals surface area contributed by atoms with E-state index in [1.165, 1.54) is 17.5 Å². The Morgan fingerprint density at radius 2 is 2.10 bits per heavy atom. The van der Waals surface area contributed by atoms with E-state index in [0.29, 0.717) is 13.0 Å². The van der Waals surface area contributed by atoms with E-state index < -0.39 is 12.1 Å². The average Bonchev–Trinajstić information content (AvgIpc) is 2.89. The molecule has 0 amide bonds. The third-order valence-electron chi connectivity index (χ3n) is 3.97. The number of aliphatic carboxylic acids is 1. The van der Waals surface area contributed by atoms with Crippen molar-refractivity contribution in [3.63, 3.8) is 0 Å². The molecule has 0 spiro atoms. The molecule has 1 aliphatic rings. The Bertz CT molecular complexity index is 473. The monoisotopic (exact) mass is 277 g/mol. The van der Waals surface area contributed by atoms with Gasteiger partial charge in [0.1, 0.15) is 0 Å². The molecule has 1 aromatic carbocycles. The maximum atomic E-state index is 10.4. The summed E-state index contributed by atoms with van der Waals surface area (Å²) in [5, 5.41) is 22.1. The van der Waals surface area contributed by atoms with Crippen molar-refractivity contribution < 1.29 is 15.0 Å². The van der Waals surface area contributed by atoms with E-state index in [0.717, 1.165) is 18.4 Å². The summed E-state index contributed by atoms with van der Waals surface area (Å²) < 4.78 is 0. The summed E-state index contributed by atoms with van der Waals surface area (Å²) in [5.74, 6) is -0.779. The highest BCUT2D eigenvalue weighted by Crippen LogP contribution is 2.26. The Morgan fingerprint density at radius 3 is 2.85 bits per heavy atom. The minimum atomic E-state index is -0.779. The maximum Gasteiger partial charge on any atom is 0.303 e. The fraction of sp³-hybridized carbons (Fsp3) is 0.562. The first kappa shape index (κ1) is 15.0. The molecule has 1 aromatic rings. The molecule has 4 heteroatoms. The number of carboxylic acid groups (broad SMARTS) is 1. The van der Waals surface area contributed by atoms with Gasteiger partial charge in [-0.05, 0) is 55.8 Å². The van der Waals surface area contributed by atoms with Crippen molar-refractivity contribution in [2.75, 3.05) is 6.54 Å². The quantitative estimate of drug-likeness (QED) is 0.667. The van der Waals surface area contributed by atoms with Crippen molar-refractivity contribution in [1.82, 2.24) is 5.32 Å². The number of aliphatic hydroxyl groups excluding tert-OH is 1. The normalized spacial score (nSPS) is 16.7. The molecule has 4 nitrogen and oxygen atoms in total. The number of hydrogen-bond acceptors (Lipinski definition) is 3. The first-order chi connectivity index (χ1) is 9.58. The molecule has 1 aliphatic carbocycles. The Hall–Kier alpha value is -1.39. The van der Waals surface area contributed by atoms with Crippen LogP contribution in [0.15, 0.2) is 18.2 Å². The van der Waals surface area contributed by atoms with Gasteiger partial charge in [0.2, 0.25) is 0 Å². The summed E-state index contributed by atoms with van der Waals surface area (Å²) in [5.41, 5.74) is 3.71. The predicted octanol–water partition coefficient (Wildman–Crippen LogP) is 2.05. The number of carboxylic acids is 1. The van der Waals surface area contributed by atoms with Gasteiger partial charge in [0.05, 0.1) is 6.10 Å². The second-order valence-electron chi connectivity index (χ2n) is 5.57. The van der Waals surface area contributed by atoms with Crippen molar-refractivity contribution in [3.8, 4) is 0 Å². The van der Waals surface area contributed by atoms with Crippen LogP contribution in [0, 0.1) is 0 Å². The van der Waals surface area contributed by atoms with Gasteiger partial charge in [-0.15, -0.1) is 0 Å². The number of fused-ring (bicyclic) bond motifs is 1. The number of aliphatic hydroxyl groups is 1. The summed E-state index contributed by atoms with van der Waals surface area (Å²) >= 11 is 0. The molecule has 0 saturated carbocycles. The van der Waals surface area contributed by atoms with E-state index in [4.69, 9.17) is 5.11 Å². The van der Waals surface area contributed by atoms with Crippen molar-refractivity contribution >= 4 is 5.97 Å². The molecule has 0 aromatic heterocycles. The zero-order chi connectivity index (χ0) is 14.5. The molecule has 0 heterocycles. The first-order valence-electron chi connectivity index (χ1n) is 7.33. The van der Waals surface area contributed by atoms with Crippen molar-refractivity contribution in [2.45, 2.75) is 51.2 Å². The zero-order valence-electron chi connectivity index (χ0n) is 11.9. The minimum absolute atomic E-state index is 0.0803. The molecular formula is C16H23NO3. The smallest absolute Gasteiger partial charge is 0.303 e. The molecule has 2 atom stereocenters. The van der Waals surface area contributed by atoms with Gasteiger partial charge in [-0.25, -0.2) is 0 Å². The Balaban J connectivity index is 1.86. The molecule has 110 valence electrons. The van der Waals surface area contributed by atoms with Gasteiger partial charge >= 0.3 is 5.97 Å².